The van der Waals surface area contributed by atoms with Crippen LogP contribution in [0.4, 0.5) is 9.59 Å². The Bertz CT molecular complexity index is 760. The minimum Gasteiger partial charge on any atom is -0.480 e. The smallest absolute Gasteiger partial charge is 0.410 e. The summed E-state index contributed by atoms with van der Waals surface area (Å²) in [6, 6.07) is 8.07. The van der Waals surface area contributed by atoms with Gasteiger partial charge in [0.2, 0.25) is 0 Å². The van der Waals surface area contributed by atoms with Crippen LogP contribution in [0.3, 0.4) is 0 Å². The summed E-state index contributed by atoms with van der Waals surface area (Å²) in [4.78, 5) is 37.2. The number of nitrogens with one attached hydrogen (secondary N) is 1. The molecule has 8 nitrogen and oxygen atoms in total. The van der Waals surface area contributed by atoms with Gasteiger partial charge < -0.3 is 24.8 Å². The molecule has 2 amide bonds. The van der Waals surface area contributed by atoms with Crippen molar-refractivity contribution >= 4 is 18.2 Å². The SMILES string of the molecule is CC(C)(C)OC(=O)N1CCC(=CC[C@@H](NC(=O)OCc2ccccc2)C(=O)O)CC1. The van der Waals surface area contributed by atoms with Crippen LogP contribution < -0.4 is 5.32 Å². The summed E-state index contributed by atoms with van der Waals surface area (Å²) in [5.41, 5.74) is 1.33. The molecule has 1 aliphatic rings. The van der Waals surface area contributed by atoms with E-state index in [9.17, 15) is 19.5 Å². The van der Waals surface area contributed by atoms with Gasteiger partial charge in [-0.3, -0.25) is 0 Å². The van der Waals surface area contributed by atoms with Crippen molar-refractivity contribution in [3.8, 4) is 0 Å². The molecule has 30 heavy (non-hydrogen) atoms. The van der Waals surface area contributed by atoms with Crippen molar-refractivity contribution in [2.45, 2.75) is 58.3 Å². The van der Waals surface area contributed by atoms with E-state index in [-0.39, 0.29) is 19.1 Å². The molecule has 0 saturated carbocycles. The summed E-state index contributed by atoms with van der Waals surface area (Å²) in [5, 5.41) is 11.8. The van der Waals surface area contributed by atoms with Gasteiger partial charge in [0.15, 0.2) is 0 Å². The number of ether oxygens (including phenoxy) is 2. The number of alkyl carbamates (subject to hydrolysis) is 1. The molecule has 0 bridgehead atoms. The minimum absolute atomic E-state index is 0.0700. The van der Waals surface area contributed by atoms with Crippen LogP contribution >= 0.6 is 0 Å². The van der Waals surface area contributed by atoms with E-state index in [1.807, 2.05) is 57.2 Å². The van der Waals surface area contributed by atoms with Gasteiger partial charge in [0.05, 0.1) is 0 Å². The molecule has 8 heteroatoms. The Labute approximate surface area is 176 Å². The maximum atomic E-state index is 12.1. The number of carbonyl (C=O) groups excluding carboxylic acids is 2. The quantitative estimate of drug-likeness (QED) is 0.682. The zero-order valence-electron chi connectivity index (χ0n) is 17.7. The highest BCUT2D eigenvalue weighted by Crippen LogP contribution is 2.20. The number of carboxylic acid groups (broad SMARTS) is 1. The molecule has 1 aliphatic heterocycles. The van der Waals surface area contributed by atoms with Gasteiger partial charge in [-0.25, -0.2) is 14.4 Å². The molecule has 0 radical (unpaired) electrons. The average molecular weight is 418 g/mol. The second-order valence-corrected chi connectivity index (χ2v) is 8.16. The van der Waals surface area contributed by atoms with Crippen LogP contribution in [-0.4, -0.2) is 52.9 Å². The van der Waals surface area contributed by atoms with Gasteiger partial charge in [0.25, 0.3) is 0 Å². The third-order valence-electron chi connectivity index (χ3n) is 4.50. The van der Waals surface area contributed by atoms with Crippen LogP contribution in [-0.2, 0) is 20.9 Å². The average Bonchev–Trinajstić information content (AvgIpc) is 2.69. The number of carboxylic acids is 1. The third-order valence-corrected chi connectivity index (χ3v) is 4.50. The molecule has 0 unspecified atom stereocenters. The molecular weight excluding hydrogens is 388 g/mol. The summed E-state index contributed by atoms with van der Waals surface area (Å²) in [7, 11) is 0. The van der Waals surface area contributed by atoms with Crippen molar-refractivity contribution in [2.24, 2.45) is 0 Å². The van der Waals surface area contributed by atoms with Gasteiger partial charge in [0.1, 0.15) is 18.2 Å². The Morgan fingerprint density at radius 1 is 1.17 bits per heavy atom. The zero-order chi connectivity index (χ0) is 22.1. The van der Waals surface area contributed by atoms with Crippen LogP contribution in [0, 0.1) is 0 Å². The second-order valence-electron chi connectivity index (χ2n) is 8.16. The number of aliphatic carboxylic acids is 1. The summed E-state index contributed by atoms with van der Waals surface area (Å²) in [6.45, 7) is 6.58. The fourth-order valence-electron chi connectivity index (χ4n) is 2.92. The van der Waals surface area contributed by atoms with E-state index in [0.29, 0.717) is 25.9 Å². The number of hydrogen-bond acceptors (Lipinski definition) is 5. The van der Waals surface area contributed by atoms with E-state index in [4.69, 9.17) is 9.47 Å². The normalized spacial score (nSPS) is 15.2. The number of benzene rings is 1. The van der Waals surface area contributed by atoms with Crippen molar-refractivity contribution < 1.29 is 29.0 Å². The molecule has 0 spiro atoms. The maximum Gasteiger partial charge on any atom is 0.410 e. The third kappa shape index (κ3) is 8.14. The topological polar surface area (TPSA) is 105 Å². The van der Waals surface area contributed by atoms with Crippen LogP contribution in [0.15, 0.2) is 42.0 Å². The number of amides is 2. The van der Waals surface area contributed by atoms with E-state index in [2.05, 4.69) is 5.32 Å². The molecule has 1 atom stereocenters. The summed E-state index contributed by atoms with van der Waals surface area (Å²) < 4.78 is 10.5. The maximum absolute atomic E-state index is 12.1. The largest absolute Gasteiger partial charge is 0.480 e. The van der Waals surface area contributed by atoms with E-state index in [0.717, 1.165) is 11.1 Å². The van der Waals surface area contributed by atoms with Gasteiger partial charge in [-0.05, 0) is 45.6 Å². The monoisotopic (exact) mass is 418 g/mol. The van der Waals surface area contributed by atoms with Crippen molar-refractivity contribution in [3.05, 3.63) is 47.5 Å². The standard InChI is InChI=1S/C22H30N2O6/c1-22(2,3)30-21(28)24-13-11-16(12-14-24)9-10-18(19(25)26)23-20(27)29-15-17-7-5-4-6-8-17/h4-9,18H,10-15H2,1-3H3,(H,23,27)(H,25,26)/t18-/m1/s1. The van der Waals surface area contributed by atoms with Gasteiger partial charge in [-0.2, -0.15) is 0 Å². The van der Waals surface area contributed by atoms with Crippen molar-refractivity contribution in [3.63, 3.8) is 0 Å². The lowest BCUT2D eigenvalue weighted by molar-refractivity contribution is -0.139. The van der Waals surface area contributed by atoms with Crippen molar-refractivity contribution in [1.29, 1.82) is 0 Å². The lowest BCUT2D eigenvalue weighted by Crippen LogP contribution is -2.41. The Morgan fingerprint density at radius 3 is 2.37 bits per heavy atom. The first-order valence-electron chi connectivity index (χ1n) is 10.00. The second kappa shape index (κ2) is 10.7. The summed E-state index contributed by atoms with van der Waals surface area (Å²) in [6.07, 6.45) is 2.14. The van der Waals surface area contributed by atoms with E-state index >= 15 is 0 Å². The molecule has 1 aromatic rings. The number of rotatable bonds is 6. The first-order chi connectivity index (χ1) is 14.1. The summed E-state index contributed by atoms with van der Waals surface area (Å²) >= 11 is 0. The Morgan fingerprint density at radius 2 is 1.80 bits per heavy atom. The van der Waals surface area contributed by atoms with Crippen LogP contribution in [0.5, 0.6) is 0 Å². The molecule has 1 fully saturated rings. The Balaban J connectivity index is 1.80. The lowest BCUT2D eigenvalue weighted by Gasteiger charge is -2.31. The molecule has 2 rings (SSSR count). The highest BCUT2D eigenvalue weighted by atomic mass is 16.6. The molecule has 1 saturated heterocycles. The van der Waals surface area contributed by atoms with Crippen molar-refractivity contribution in [2.75, 3.05) is 13.1 Å². The predicted octanol–water partition coefficient (Wildman–Crippen LogP) is 3.71. The van der Waals surface area contributed by atoms with Gasteiger partial charge in [-0.1, -0.05) is 42.0 Å². The fraction of sp³-hybridized carbons (Fsp3) is 0.500. The van der Waals surface area contributed by atoms with Crippen LogP contribution in [0.25, 0.3) is 0 Å². The zero-order valence-corrected chi connectivity index (χ0v) is 17.7. The molecule has 1 heterocycles. The molecule has 2 N–H and O–H groups in total. The number of carbonyl (C=O) groups is 3. The molecule has 0 aliphatic carbocycles. The summed E-state index contributed by atoms with van der Waals surface area (Å²) in [5.74, 6) is -1.13. The van der Waals surface area contributed by atoms with Gasteiger partial charge in [0, 0.05) is 13.1 Å². The molecular formula is C22H30N2O6. The fourth-order valence-corrected chi connectivity index (χ4v) is 2.92. The van der Waals surface area contributed by atoms with E-state index in [1.165, 1.54) is 0 Å². The van der Waals surface area contributed by atoms with Crippen molar-refractivity contribution in [1.82, 2.24) is 10.2 Å². The van der Waals surface area contributed by atoms with E-state index in [1.54, 1.807) is 4.90 Å². The minimum atomic E-state index is -1.13. The van der Waals surface area contributed by atoms with Gasteiger partial charge >= 0.3 is 18.2 Å². The van der Waals surface area contributed by atoms with Crippen LogP contribution in [0.2, 0.25) is 0 Å². The van der Waals surface area contributed by atoms with E-state index < -0.39 is 23.7 Å². The molecule has 1 aromatic carbocycles. The Kier molecular flexibility index (Phi) is 8.26. The lowest BCUT2D eigenvalue weighted by atomic mass is 10.0. The highest BCUT2D eigenvalue weighted by Gasteiger charge is 2.25. The number of piperidine rings is 1. The number of hydrogen-bond donors (Lipinski definition) is 2. The van der Waals surface area contributed by atoms with Crippen LogP contribution in [0.1, 0.15) is 45.6 Å². The highest BCUT2D eigenvalue weighted by molar-refractivity contribution is 5.80. The first kappa shape index (κ1) is 23.3. The molecule has 0 aromatic heterocycles. The first-order valence-corrected chi connectivity index (χ1v) is 10.00. The van der Waals surface area contributed by atoms with Gasteiger partial charge in [-0.15, -0.1) is 0 Å². The number of likely N-dealkylation sites (tertiary alicyclic amines) is 1. The Hall–Kier alpha value is -3.03. The molecule has 164 valence electrons. The number of nitrogens with zero attached hydrogens (tertiary/aromatic N) is 1. The predicted molar refractivity (Wildman–Crippen MR) is 111 cm³/mol.